The van der Waals surface area contributed by atoms with Gasteiger partial charge in [0.25, 0.3) is 5.91 Å². The molecule has 1 N–H and O–H groups in total. The van der Waals surface area contributed by atoms with Gasteiger partial charge in [-0.1, -0.05) is 18.6 Å². The fourth-order valence-electron chi connectivity index (χ4n) is 3.12. The van der Waals surface area contributed by atoms with Gasteiger partial charge in [-0.15, -0.1) is 11.3 Å². The molecule has 4 rings (SSSR count). The monoisotopic (exact) mass is 390 g/mol. The van der Waals surface area contributed by atoms with Crippen LogP contribution in [0, 0.1) is 0 Å². The van der Waals surface area contributed by atoms with Gasteiger partial charge in [0, 0.05) is 13.1 Å². The number of nitrogens with one attached hydrogen (secondary N) is 1. The first kappa shape index (κ1) is 17.2. The number of piperidine rings is 1. The summed E-state index contributed by atoms with van der Waals surface area (Å²) in [4.78, 5) is 17.2. The molecule has 3 aromatic rings. The molecule has 1 aromatic carbocycles. The summed E-state index contributed by atoms with van der Waals surface area (Å²) in [5, 5.41) is 1.64. The van der Waals surface area contributed by atoms with Gasteiger partial charge in [-0.25, -0.2) is 18.1 Å². The summed E-state index contributed by atoms with van der Waals surface area (Å²) in [5.74, 6) is -0.460. The molecule has 0 saturated carbocycles. The van der Waals surface area contributed by atoms with Crippen LogP contribution >= 0.6 is 11.3 Å². The normalized spacial score (nSPS) is 16.0. The fraction of sp³-hybridized carbons (Fsp3) is 0.294. The highest BCUT2D eigenvalue weighted by atomic mass is 32.2. The average Bonchev–Trinajstić information content (AvgIpc) is 3.30. The maximum Gasteiger partial charge on any atom is 0.281 e. The lowest BCUT2D eigenvalue weighted by atomic mass is 10.2. The molecular weight excluding hydrogens is 372 g/mol. The van der Waals surface area contributed by atoms with Crippen LogP contribution in [0.5, 0.6) is 0 Å². The standard InChI is InChI=1S/C17H18N4O3S2/c22-17(19-21-12-18-13-6-2-3-7-14(13)21)16-15(8-11-25-16)26(23,24)20-9-4-1-5-10-20/h2-3,6-8,11-12H,1,4-5,9-10H2,(H,19,22). The third-order valence-electron chi connectivity index (χ3n) is 4.44. The third kappa shape index (κ3) is 3.02. The zero-order valence-corrected chi connectivity index (χ0v) is 15.6. The Bertz CT molecular complexity index is 1050. The number of nitrogens with zero attached hydrogens (tertiary/aromatic N) is 3. The fourth-order valence-corrected chi connectivity index (χ4v) is 5.93. The van der Waals surface area contributed by atoms with Crippen LogP contribution in [0.15, 0.2) is 46.9 Å². The second-order valence-electron chi connectivity index (χ2n) is 6.12. The molecule has 1 aliphatic heterocycles. The number of aromatic nitrogens is 2. The Morgan fingerprint density at radius 1 is 1.12 bits per heavy atom. The molecule has 136 valence electrons. The average molecular weight is 390 g/mol. The number of fused-ring (bicyclic) bond motifs is 1. The van der Waals surface area contributed by atoms with Crippen LogP contribution in [0.1, 0.15) is 28.9 Å². The zero-order chi connectivity index (χ0) is 18.1. The molecule has 1 aliphatic rings. The van der Waals surface area contributed by atoms with E-state index in [0.717, 1.165) is 41.6 Å². The minimum atomic E-state index is -3.66. The molecule has 7 nitrogen and oxygen atoms in total. The van der Waals surface area contributed by atoms with Gasteiger partial charge in [-0.05, 0) is 36.4 Å². The second-order valence-corrected chi connectivity index (χ2v) is 8.95. The van der Waals surface area contributed by atoms with Crippen molar-refractivity contribution >= 4 is 38.3 Å². The Morgan fingerprint density at radius 2 is 1.88 bits per heavy atom. The Kier molecular flexibility index (Phi) is 4.51. The molecule has 9 heteroatoms. The summed E-state index contributed by atoms with van der Waals surface area (Å²) in [6, 6.07) is 8.90. The minimum absolute atomic E-state index is 0.0753. The molecule has 0 spiro atoms. The number of benzene rings is 1. The van der Waals surface area contributed by atoms with Gasteiger partial charge >= 0.3 is 0 Å². The Balaban J connectivity index is 1.63. The highest BCUT2D eigenvalue weighted by Gasteiger charge is 2.31. The topological polar surface area (TPSA) is 84.3 Å². The maximum atomic E-state index is 12.9. The van der Waals surface area contributed by atoms with Gasteiger partial charge in [0.15, 0.2) is 0 Å². The minimum Gasteiger partial charge on any atom is -0.266 e. The number of rotatable bonds is 4. The van der Waals surface area contributed by atoms with Crippen molar-refractivity contribution in [3.8, 4) is 0 Å². The smallest absolute Gasteiger partial charge is 0.266 e. The molecule has 26 heavy (non-hydrogen) atoms. The lowest BCUT2D eigenvalue weighted by molar-refractivity contribution is 0.101. The number of amides is 1. The van der Waals surface area contributed by atoms with Crippen LogP contribution in [0.4, 0.5) is 0 Å². The number of thiophene rings is 1. The first-order valence-corrected chi connectivity index (χ1v) is 10.7. The van der Waals surface area contributed by atoms with E-state index in [2.05, 4.69) is 10.4 Å². The van der Waals surface area contributed by atoms with Gasteiger partial charge in [-0.3, -0.25) is 10.2 Å². The van der Waals surface area contributed by atoms with Crippen LogP contribution < -0.4 is 5.43 Å². The van der Waals surface area contributed by atoms with Crippen molar-refractivity contribution in [3.05, 3.63) is 46.9 Å². The summed E-state index contributed by atoms with van der Waals surface area (Å²) in [7, 11) is -3.66. The molecule has 0 aliphatic carbocycles. The molecule has 0 unspecified atom stereocenters. The molecule has 1 amide bonds. The quantitative estimate of drug-likeness (QED) is 0.742. The zero-order valence-electron chi connectivity index (χ0n) is 14.0. The van der Waals surface area contributed by atoms with Crippen LogP contribution in [-0.4, -0.2) is 41.4 Å². The first-order chi connectivity index (χ1) is 12.6. The molecule has 0 atom stereocenters. The number of hydrogen-bond donors (Lipinski definition) is 1. The SMILES string of the molecule is O=C(Nn1cnc2ccccc21)c1sccc1S(=O)(=O)N1CCCCC1. The summed E-state index contributed by atoms with van der Waals surface area (Å²) >= 11 is 1.12. The van der Waals surface area contributed by atoms with E-state index in [4.69, 9.17) is 0 Å². The van der Waals surface area contributed by atoms with Crippen molar-refractivity contribution in [1.82, 2.24) is 14.0 Å². The predicted octanol–water partition coefficient (Wildman–Crippen LogP) is 2.66. The van der Waals surface area contributed by atoms with Crippen molar-refractivity contribution in [2.24, 2.45) is 0 Å². The van der Waals surface area contributed by atoms with E-state index in [-0.39, 0.29) is 9.77 Å². The van der Waals surface area contributed by atoms with Crippen molar-refractivity contribution in [1.29, 1.82) is 0 Å². The summed E-state index contributed by atoms with van der Waals surface area (Å²) in [6.07, 6.45) is 4.25. The molecule has 0 radical (unpaired) electrons. The third-order valence-corrected chi connectivity index (χ3v) is 7.43. The van der Waals surface area contributed by atoms with Crippen LogP contribution in [0.3, 0.4) is 0 Å². The van der Waals surface area contributed by atoms with Crippen LogP contribution in [-0.2, 0) is 10.0 Å². The van der Waals surface area contributed by atoms with Gasteiger partial charge in [0.05, 0.1) is 11.0 Å². The first-order valence-electron chi connectivity index (χ1n) is 8.38. The number of sulfonamides is 1. The van der Waals surface area contributed by atoms with Gasteiger partial charge < -0.3 is 0 Å². The second kappa shape index (κ2) is 6.82. The molecule has 0 bridgehead atoms. The van der Waals surface area contributed by atoms with E-state index in [1.54, 1.807) is 5.38 Å². The van der Waals surface area contributed by atoms with E-state index in [1.807, 2.05) is 24.3 Å². The predicted molar refractivity (Wildman–Crippen MR) is 100 cm³/mol. The van der Waals surface area contributed by atoms with E-state index in [1.165, 1.54) is 21.4 Å². The number of carbonyl (C=O) groups is 1. The van der Waals surface area contributed by atoms with Crippen molar-refractivity contribution < 1.29 is 13.2 Å². The summed E-state index contributed by atoms with van der Waals surface area (Å²) < 4.78 is 28.8. The van der Waals surface area contributed by atoms with Gasteiger partial charge in [0.2, 0.25) is 10.0 Å². The molecule has 1 fully saturated rings. The molecule has 1 saturated heterocycles. The van der Waals surface area contributed by atoms with E-state index in [0.29, 0.717) is 13.1 Å². The van der Waals surface area contributed by atoms with E-state index >= 15 is 0 Å². The Labute approximate surface area is 155 Å². The number of hydrogen-bond acceptors (Lipinski definition) is 5. The summed E-state index contributed by atoms with van der Waals surface area (Å²) in [5.41, 5.74) is 4.22. The van der Waals surface area contributed by atoms with Crippen LogP contribution in [0.25, 0.3) is 11.0 Å². The molecule has 2 aromatic heterocycles. The van der Waals surface area contributed by atoms with Crippen LogP contribution in [0.2, 0.25) is 0 Å². The van der Waals surface area contributed by atoms with Crippen molar-refractivity contribution in [3.63, 3.8) is 0 Å². The summed E-state index contributed by atoms with van der Waals surface area (Å²) in [6.45, 7) is 1.01. The number of carbonyl (C=O) groups excluding carboxylic acids is 1. The largest absolute Gasteiger partial charge is 0.281 e. The maximum absolute atomic E-state index is 12.9. The van der Waals surface area contributed by atoms with Gasteiger partial charge in [-0.2, -0.15) is 4.31 Å². The Hall–Kier alpha value is -2.23. The lowest BCUT2D eigenvalue weighted by Gasteiger charge is -2.25. The van der Waals surface area contributed by atoms with E-state index in [9.17, 15) is 13.2 Å². The van der Waals surface area contributed by atoms with Crippen molar-refractivity contribution in [2.75, 3.05) is 18.5 Å². The Morgan fingerprint density at radius 3 is 2.69 bits per heavy atom. The van der Waals surface area contributed by atoms with E-state index < -0.39 is 15.9 Å². The molecule has 3 heterocycles. The van der Waals surface area contributed by atoms with Gasteiger partial charge in [0.1, 0.15) is 16.1 Å². The number of imidazole rings is 1. The number of para-hydroxylation sites is 2. The molecular formula is C17H18N4O3S2. The lowest BCUT2D eigenvalue weighted by Crippen LogP contribution is -2.36. The van der Waals surface area contributed by atoms with Crippen molar-refractivity contribution in [2.45, 2.75) is 24.2 Å². The highest BCUT2D eigenvalue weighted by molar-refractivity contribution is 7.89. The highest BCUT2D eigenvalue weighted by Crippen LogP contribution is 2.27.